The molecule has 0 fully saturated rings. The second kappa shape index (κ2) is 5.67. The maximum atomic E-state index is 6.26. The Labute approximate surface area is 116 Å². The second-order valence-corrected chi connectivity index (χ2v) is 5.42. The molecular weight excluding hydrogens is 290 g/mol. The zero-order valence-electron chi connectivity index (χ0n) is 10.7. The highest BCUT2D eigenvalue weighted by molar-refractivity contribution is 9.10. The lowest BCUT2D eigenvalue weighted by Crippen LogP contribution is -2.32. The maximum absolute atomic E-state index is 6.26. The SMILES string of the molecule is CCC(N)C(c1cccc(Br)c1)n1ccc(C)n1. The molecule has 18 heavy (non-hydrogen) atoms. The Morgan fingerprint density at radius 1 is 1.39 bits per heavy atom. The number of aryl methyl sites for hydroxylation is 1. The summed E-state index contributed by atoms with van der Waals surface area (Å²) in [6.45, 7) is 4.10. The highest BCUT2D eigenvalue weighted by atomic mass is 79.9. The van der Waals surface area contributed by atoms with Crippen LogP contribution < -0.4 is 5.73 Å². The molecule has 1 heterocycles. The predicted molar refractivity (Wildman–Crippen MR) is 77.5 cm³/mol. The van der Waals surface area contributed by atoms with Crippen LogP contribution in [0, 0.1) is 6.92 Å². The second-order valence-electron chi connectivity index (χ2n) is 4.51. The lowest BCUT2D eigenvalue weighted by Gasteiger charge is -2.24. The number of aromatic nitrogens is 2. The van der Waals surface area contributed by atoms with Gasteiger partial charge in [0.05, 0.1) is 11.7 Å². The van der Waals surface area contributed by atoms with Crippen LogP contribution in [0.1, 0.15) is 30.6 Å². The van der Waals surface area contributed by atoms with Gasteiger partial charge in [-0.1, -0.05) is 35.0 Å². The van der Waals surface area contributed by atoms with Crippen molar-refractivity contribution in [1.29, 1.82) is 0 Å². The summed E-state index contributed by atoms with van der Waals surface area (Å²) in [5, 5.41) is 4.51. The zero-order valence-corrected chi connectivity index (χ0v) is 12.3. The van der Waals surface area contributed by atoms with Crippen LogP contribution in [0.5, 0.6) is 0 Å². The van der Waals surface area contributed by atoms with Crippen molar-refractivity contribution < 1.29 is 0 Å². The lowest BCUT2D eigenvalue weighted by molar-refractivity contribution is 0.422. The van der Waals surface area contributed by atoms with Gasteiger partial charge in [-0.2, -0.15) is 5.10 Å². The van der Waals surface area contributed by atoms with E-state index in [0.29, 0.717) is 0 Å². The van der Waals surface area contributed by atoms with Gasteiger partial charge in [0.2, 0.25) is 0 Å². The summed E-state index contributed by atoms with van der Waals surface area (Å²) in [6, 6.07) is 10.4. The van der Waals surface area contributed by atoms with E-state index in [-0.39, 0.29) is 12.1 Å². The summed E-state index contributed by atoms with van der Waals surface area (Å²) in [6.07, 6.45) is 2.91. The minimum absolute atomic E-state index is 0.0543. The molecule has 1 aromatic carbocycles. The first kappa shape index (κ1) is 13.3. The van der Waals surface area contributed by atoms with Gasteiger partial charge in [-0.3, -0.25) is 4.68 Å². The number of nitrogens with two attached hydrogens (primary N) is 1. The van der Waals surface area contributed by atoms with Crippen molar-refractivity contribution >= 4 is 15.9 Å². The summed E-state index contributed by atoms with van der Waals surface area (Å²) in [4.78, 5) is 0. The van der Waals surface area contributed by atoms with E-state index in [0.717, 1.165) is 16.6 Å². The van der Waals surface area contributed by atoms with E-state index in [2.05, 4.69) is 40.1 Å². The molecule has 0 saturated carbocycles. The first-order valence-electron chi connectivity index (χ1n) is 6.14. The molecule has 0 radical (unpaired) electrons. The van der Waals surface area contributed by atoms with Crippen molar-refractivity contribution in [3.8, 4) is 0 Å². The van der Waals surface area contributed by atoms with Crippen LogP contribution in [0.25, 0.3) is 0 Å². The number of hydrogen-bond acceptors (Lipinski definition) is 2. The van der Waals surface area contributed by atoms with E-state index < -0.39 is 0 Å². The van der Waals surface area contributed by atoms with Crippen molar-refractivity contribution in [3.63, 3.8) is 0 Å². The zero-order chi connectivity index (χ0) is 13.1. The van der Waals surface area contributed by atoms with Crippen LogP contribution >= 0.6 is 15.9 Å². The smallest absolute Gasteiger partial charge is 0.0919 e. The van der Waals surface area contributed by atoms with Gasteiger partial charge in [0.1, 0.15) is 0 Å². The van der Waals surface area contributed by atoms with E-state index in [4.69, 9.17) is 5.73 Å². The molecule has 0 saturated heterocycles. The molecule has 0 aliphatic heterocycles. The van der Waals surface area contributed by atoms with Crippen LogP contribution in [0.3, 0.4) is 0 Å². The highest BCUT2D eigenvalue weighted by Gasteiger charge is 2.21. The average molecular weight is 308 g/mol. The minimum atomic E-state index is 0.0543. The van der Waals surface area contributed by atoms with E-state index in [1.807, 2.05) is 36.0 Å². The maximum Gasteiger partial charge on any atom is 0.0919 e. The molecule has 0 spiro atoms. The van der Waals surface area contributed by atoms with Crippen molar-refractivity contribution in [3.05, 3.63) is 52.3 Å². The van der Waals surface area contributed by atoms with E-state index in [1.54, 1.807) is 0 Å². The predicted octanol–water partition coefficient (Wildman–Crippen LogP) is 3.28. The normalized spacial score (nSPS) is 14.4. The van der Waals surface area contributed by atoms with E-state index in [1.165, 1.54) is 5.56 Å². The number of nitrogens with zero attached hydrogens (tertiary/aromatic N) is 2. The van der Waals surface area contributed by atoms with Gasteiger partial charge < -0.3 is 5.73 Å². The Morgan fingerprint density at radius 3 is 2.72 bits per heavy atom. The summed E-state index contributed by atoms with van der Waals surface area (Å²) < 4.78 is 3.03. The molecule has 2 rings (SSSR count). The molecular formula is C14H18BrN3. The molecule has 2 unspecified atom stereocenters. The van der Waals surface area contributed by atoms with Gasteiger partial charge in [0, 0.05) is 16.7 Å². The molecule has 2 N–H and O–H groups in total. The third kappa shape index (κ3) is 2.82. The fourth-order valence-electron chi connectivity index (χ4n) is 2.10. The van der Waals surface area contributed by atoms with Crippen LogP contribution in [-0.2, 0) is 0 Å². The molecule has 4 heteroatoms. The number of rotatable bonds is 4. The van der Waals surface area contributed by atoms with Crippen molar-refractivity contribution in [2.24, 2.45) is 5.73 Å². The van der Waals surface area contributed by atoms with Gasteiger partial charge in [-0.15, -0.1) is 0 Å². The first-order chi connectivity index (χ1) is 8.61. The van der Waals surface area contributed by atoms with Crippen LogP contribution in [0.2, 0.25) is 0 Å². The fourth-order valence-corrected chi connectivity index (χ4v) is 2.51. The third-order valence-electron chi connectivity index (χ3n) is 3.09. The molecule has 2 aromatic rings. The van der Waals surface area contributed by atoms with Crippen LogP contribution in [0.15, 0.2) is 41.0 Å². The number of benzene rings is 1. The van der Waals surface area contributed by atoms with Crippen molar-refractivity contribution in [2.75, 3.05) is 0 Å². The van der Waals surface area contributed by atoms with Crippen LogP contribution in [-0.4, -0.2) is 15.8 Å². The molecule has 0 aliphatic carbocycles. The molecule has 0 aliphatic rings. The fraction of sp³-hybridized carbons (Fsp3) is 0.357. The van der Waals surface area contributed by atoms with Gasteiger partial charge in [-0.25, -0.2) is 0 Å². The molecule has 2 atom stereocenters. The lowest BCUT2D eigenvalue weighted by atomic mass is 9.98. The molecule has 0 amide bonds. The summed E-state index contributed by atoms with van der Waals surface area (Å²) in [5.74, 6) is 0. The highest BCUT2D eigenvalue weighted by Crippen LogP contribution is 2.25. The largest absolute Gasteiger partial charge is 0.326 e. The van der Waals surface area contributed by atoms with Gasteiger partial charge >= 0.3 is 0 Å². The molecule has 1 aromatic heterocycles. The Kier molecular flexibility index (Phi) is 4.19. The van der Waals surface area contributed by atoms with E-state index >= 15 is 0 Å². The van der Waals surface area contributed by atoms with Crippen molar-refractivity contribution in [2.45, 2.75) is 32.4 Å². The Bertz CT molecular complexity index is 521. The van der Waals surface area contributed by atoms with Crippen molar-refractivity contribution in [1.82, 2.24) is 9.78 Å². The summed E-state index contributed by atoms with van der Waals surface area (Å²) in [7, 11) is 0. The Morgan fingerprint density at radius 2 is 2.17 bits per heavy atom. The quantitative estimate of drug-likeness (QED) is 0.942. The first-order valence-corrected chi connectivity index (χ1v) is 6.94. The van der Waals surface area contributed by atoms with Gasteiger partial charge in [0.15, 0.2) is 0 Å². The molecule has 96 valence electrons. The topological polar surface area (TPSA) is 43.8 Å². The standard InChI is InChI=1S/C14H18BrN3/c1-3-13(16)14(18-8-7-10(2)17-18)11-5-4-6-12(15)9-11/h4-9,13-14H,3,16H2,1-2H3. The number of hydrogen-bond donors (Lipinski definition) is 1. The molecule has 3 nitrogen and oxygen atoms in total. The monoisotopic (exact) mass is 307 g/mol. The molecule has 0 bridgehead atoms. The number of halogens is 1. The van der Waals surface area contributed by atoms with E-state index in [9.17, 15) is 0 Å². The average Bonchev–Trinajstić information content (AvgIpc) is 2.76. The summed E-state index contributed by atoms with van der Waals surface area (Å²) in [5.41, 5.74) is 8.46. The Hall–Kier alpha value is -1.13. The van der Waals surface area contributed by atoms with Gasteiger partial charge in [0.25, 0.3) is 0 Å². The van der Waals surface area contributed by atoms with Gasteiger partial charge in [-0.05, 0) is 37.1 Å². The minimum Gasteiger partial charge on any atom is -0.326 e. The Balaban J connectivity index is 2.43. The summed E-state index contributed by atoms with van der Waals surface area (Å²) >= 11 is 3.51. The third-order valence-corrected chi connectivity index (χ3v) is 3.59. The van der Waals surface area contributed by atoms with Crippen LogP contribution in [0.4, 0.5) is 0 Å².